The van der Waals surface area contributed by atoms with Crippen molar-refractivity contribution in [3.8, 4) is 0 Å². The van der Waals surface area contributed by atoms with E-state index >= 15 is 0 Å². The van der Waals surface area contributed by atoms with Gasteiger partial charge in [0, 0.05) is 11.1 Å². The Balaban J connectivity index is 2.35. The third-order valence-electron chi connectivity index (χ3n) is 2.90. The van der Waals surface area contributed by atoms with E-state index in [-0.39, 0.29) is 0 Å². The predicted octanol–water partition coefficient (Wildman–Crippen LogP) is 3.47. The van der Waals surface area contributed by atoms with Gasteiger partial charge in [0.05, 0.1) is 5.52 Å². The Morgan fingerprint density at radius 3 is 3.00 bits per heavy atom. The molecule has 90 valence electrons. The molecule has 1 aromatic carbocycles. The molecule has 0 aliphatic heterocycles. The summed E-state index contributed by atoms with van der Waals surface area (Å²) in [6.07, 6.45) is 1.88. The first-order valence-electron chi connectivity index (χ1n) is 5.78. The molecule has 0 saturated carbocycles. The minimum Gasteiger partial charge on any atom is -0.270 e. The summed E-state index contributed by atoms with van der Waals surface area (Å²) in [7, 11) is 0. The first kappa shape index (κ1) is 11.3. The van der Waals surface area contributed by atoms with Crippen LogP contribution in [-0.4, -0.2) is 20.4 Å². The number of nitrogens with zero attached hydrogens (tertiary/aromatic N) is 3. The minimum absolute atomic E-state index is 0.836. The summed E-state index contributed by atoms with van der Waals surface area (Å²) >= 11 is 1.65. The van der Waals surface area contributed by atoms with Crippen molar-refractivity contribution in [2.24, 2.45) is 0 Å². The van der Waals surface area contributed by atoms with Gasteiger partial charge in [0.15, 0.2) is 10.8 Å². The highest BCUT2D eigenvalue weighted by atomic mass is 32.2. The second-order valence-electron chi connectivity index (χ2n) is 4.12. The number of benzene rings is 1. The Morgan fingerprint density at radius 1 is 1.33 bits per heavy atom. The van der Waals surface area contributed by atoms with Gasteiger partial charge in [-0.25, -0.2) is 0 Å². The molecule has 0 atom stereocenters. The quantitative estimate of drug-likeness (QED) is 0.530. The molecule has 0 unspecified atom stereocenters. The molecule has 0 fully saturated rings. The van der Waals surface area contributed by atoms with E-state index in [0.717, 1.165) is 22.1 Å². The number of aromatic nitrogens is 3. The van der Waals surface area contributed by atoms with Crippen LogP contribution in [0.5, 0.6) is 0 Å². The zero-order chi connectivity index (χ0) is 12.5. The highest BCUT2D eigenvalue weighted by Crippen LogP contribution is 2.25. The molecule has 0 amide bonds. The van der Waals surface area contributed by atoms with Crippen LogP contribution in [0.1, 0.15) is 5.56 Å². The summed E-state index contributed by atoms with van der Waals surface area (Å²) in [6.45, 7) is 5.84. The van der Waals surface area contributed by atoms with E-state index in [0.29, 0.717) is 0 Å². The van der Waals surface area contributed by atoms with Crippen molar-refractivity contribution in [2.75, 3.05) is 5.75 Å². The van der Waals surface area contributed by atoms with E-state index in [1.165, 1.54) is 10.9 Å². The molecular weight excluding hydrogens is 242 g/mol. The van der Waals surface area contributed by atoms with Crippen LogP contribution in [0, 0.1) is 6.92 Å². The van der Waals surface area contributed by atoms with Gasteiger partial charge >= 0.3 is 0 Å². The molecule has 3 nitrogen and oxygen atoms in total. The number of pyridine rings is 1. The maximum absolute atomic E-state index is 4.25. The van der Waals surface area contributed by atoms with Gasteiger partial charge in [-0.1, -0.05) is 36.0 Å². The lowest BCUT2D eigenvalue weighted by molar-refractivity contribution is 0.942. The van der Waals surface area contributed by atoms with Crippen molar-refractivity contribution in [1.82, 2.24) is 14.6 Å². The monoisotopic (exact) mass is 255 g/mol. The number of rotatable bonds is 3. The summed E-state index contributed by atoms with van der Waals surface area (Å²) in [5, 5.41) is 10.7. The molecule has 2 heterocycles. The Bertz CT molecular complexity index is 730. The summed E-state index contributed by atoms with van der Waals surface area (Å²) < 4.78 is 2.11. The Labute approximate surface area is 110 Å². The fourth-order valence-electron chi connectivity index (χ4n) is 2.10. The van der Waals surface area contributed by atoms with Gasteiger partial charge < -0.3 is 0 Å². The molecule has 0 spiro atoms. The van der Waals surface area contributed by atoms with Crippen molar-refractivity contribution in [3.63, 3.8) is 0 Å². The number of fused-ring (bicyclic) bond motifs is 3. The van der Waals surface area contributed by atoms with Crippen LogP contribution >= 0.6 is 11.8 Å². The summed E-state index contributed by atoms with van der Waals surface area (Å²) in [5.74, 6) is 0.836. The second-order valence-corrected chi connectivity index (χ2v) is 5.11. The smallest absolute Gasteiger partial charge is 0.196 e. The lowest BCUT2D eigenvalue weighted by Crippen LogP contribution is -1.93. The van der Waals surface area contributed by atoms with Gasteiger partial charge in [0.2, 0.25) is 0 Å². The molecule has 3 rings (SSSR count). The van der Waals surface area contributed by atoms with Crippen molar-refractivity contribution in [1.29, 1.82) is 0 Å². The fraction of sp³-hybridized carbons (Fsp3) is 0.143. The Morgan fingerprint density at radius 2 is 2.17 bits per heavy atom. The third-order valence-corrected chi connectivity index (χ3v) is 3.83. The van der Waals surface area contributed by atoms with E-state index < -0.39 is 0 Å². The van der Waals surface area contributed by atoms with E-state index in [4.69, 9.17) is 0 Å². The average Bonchev–Trinajstić information content (AvgIpc) is 2.80. The molecule has 0 aliphatic carbocycles. The average molecular weight is 255 g/mol. The number of para-hydroxylation sites is 1. The van der Waals surface area contributed by atoms with Gasteiger partial charge in [-0.15, -0.1) is 16.8 Å². The zero-order valence-electron chi connectivity index (χ0n) is 10.1. The SMILES string of the molecule is C=CCSc1nnc2cc(C)c3ccccc3n12. The number of aryl methyl sites for hydroxylation is 1. The van der Waals surface area contributed by atoms with Crippen LogP contribution in [0.2, 0.25) is 0 Å². The van der Waals surface area contributed by atoms with Gasteiger partial charge in [0.1, 0.15) is 0 Å². The molecule has 2 aromatic heterocycles. The van der Waals surface area contributed by atoms with E-state index in [9.17, 15) is 0 Å². The van der Waals surface area contributed by atoms with Crippen LogP contribution in [-0.2, 0) is 0 Å². The lowest BCUT2D eigenvalue weighted by Gasteiger charge is -2.06. The molecule has 18 heavy (non-hydrogen) atoms. The van der Waals surface area contributed by atoms with Crippen molar-refractivity contribution in [3.05, 3.63) is 48.6 Å². The normalized spacial score (nSPS) is 11.2. The molecule has 3 aromatic rings. The lowest BCUT2D eigenvalue weighted by atomic mass is 10.1. The van der Waals surface area contributed by atoms with Crippen molar-refractivity contribution in [2.45, 2.75) is 12.1 Å². The van der Waals surface area contributed by atoms with Crippen LogP contribution in [0.4, 0.5) is 0 Å². The molecule has 0 radical (unpaired) electrons. The molecule has 0 bridgehead atoms. The maximum atomic E-state index is 4.25. The molecular formula is C14H13N3S. The number of thioether (sulfide) groups is 1. The molecule has 0 saturated heterocycles. The third kappa shape index (κ3) is 1.69. The first-order chi connectivity index (χ1) is 8.81. The maximum Gasteiger partial charge on any atom is 0.196 e. The van der Waals surface area contributed by atoms with Crippen LogP contribution < -0.4 is 0 Å². The van der Waals surface area contributed by atoms with Gasteiger partial charge in [-0.2, -0.15) is 0 Å². The van der Waals surface area contributed by atoms with Gasteiger partial charge in [0.25, 0.3) is 0 Å². The van der Waals surface area contributed by atoms with E-state index in [2.05, 4.69) is 52.4 Å². The summed E-state index contributed by atoms with van der Waals surface area (Å²) in [5.41, 5.74) is 3.28. The van der Waals surface area contributed by atoms with E-state index in [1.807, 2.05) is 12.1 Å². The highest BCUT2D eigenvalue weighted by molar-refractivity contribution is 7.99. The zero-order valence-corrected chi connectivity index (χ0v) is 10.9. The van der Waals surface area contributed by atoms with Crippen LogP contribution in [0.25, 0.3) is 16.6 Å². The van der Waals surface area contributed by atoms with Crippen LogP contribution in [0.3, 0.4) is 0 Å². The van der Waals surface area contributed by atoms with Gasteiger partial charge in [-0.3, -0.25) is 4.40 Å². The van der Waals surface area contributed by atoms with Crippen LogP contribution in [0.15, 0.2) is 48.1 Å². The van der Waals surface area contributed by atoms with Crippen molar-refractivity contribution < 1.29 is 0 Å². The largest absolute Gasteiger partial charge is 0.270 e. The summed E-state index contributed by atoms with van der Waals surface area (Å²) in [4.78, 5) is 0. The fourth-order valence-corrected chi connectivity index (χ4v) is 2.79. The number of hydrogen-bond acceptors (Lipinski definition) is 3. The molecule has 0 N–H and O–H groups in total. The first-order valence-corrected chi connectivity index (χ1v) is 6.77. The second kappa shape index (κ2) is 4.46. The number of hydrogen-bond donors (Lipinski definition) is 0. The highest BCUT2D eigenvalue weighted by Gasteiger charge is 2.10. The minimum atomic E-state index is 0.836. The predicted molar refractivity (Wildman–Crippen MR) is 76.2 cm³/mol. The summed E-state index contributed by atoms with van der Waals surface area (Å²) in [6, 6.07) is 10.4. The topological polar surface area (TPSA) is 30.2 Å². The molecule has 4 heteroatoms. The standard InChI is InChI=1S/C14H13N3S/c1-3-8-18-14-16-15-13-9-10(2)11-6-4-5-7-12(11)17(13)14/h3-7,9H,1,8H2,2H3. The molecule has 0 aliphatic rings. The van der Waals surface area contributed by atoms with Crippen molar-refractivity contribution >= 4 is 28.3 Å². The Kier molecular flexibility index (Phi) is 2.80. The Hall–Kier alpha value is -1.81. The van der Waals surface area contributed by atoms with E-state index in [1.54, 1.807) is 11.8 Å². The van der Waals surface area contributed by atoms with Gasteiger partial charge in [-0.05, 0) is 24.6 Å².